The second-order valence-corrected chi connectivity index (χ2v) is 22.9. The maximum atomic E-state index is 17.0. The molecule has 6 fully saturated rings. The van der Waals surface area contributed by atoms with E-state index in [-0.39, 0.29) is 52.1 Å². The quantitative estimate of drug-likeness (QED) is 0.0613. The second kappa shape index (κ2) is 23.6. The van der Waals surface area contributed by atoms with Gasteiger partial charge in [0.05, 0.1) is 52.0 Å². The van der Waals surface area contributed by atoms with E-state index in [0.717, 1.165) is 132 Å². The van der Waals surface area contributed by atoms with Crippen LogP contribution in [0, 0.1) is 35.8 Å². The number of ether oxygens (including phenoxy) is 3. The van der Waals surface area contributed by atoms with Crippen LogP contribution in [0.4, 0.5) is 26.0 Å². The number of nitrogens with zero attached hydrogens (tertiary/aromatic N) is 9. The Labute approximate surface area is 465 Å². The van der Waals surface area contributed by atoms with Crippen LogP contribution in [-0.4, -0.2) is 144 Å². The standard InChI is InChI=1S/C34H34F2N6O2.C25H33N5O3.C2H6O/c1-2-23-25(35)8-6-20-16-21(37)17-24(27(20)23)30-29(36)31-28-26(38-30)9-7-22-18-43-15-5-14-42(22)32(28)40-33(39-31)44-19-34-10-3-12-41(34)13-4-11-34;1-28-22-15-19(2-3-20(22)24(27-28)21-4-5-23(32)26-25(21)33)30-12-8-18(9-13-30)14-17-6-10-29(16-31)11-7-17;1-3-2/h1,6,8,16-17,22H,3-5,7,9-15,18-19,37H2;2-3,15-18,21H,4-14H2,1H3,(H,26,32,33);1-2H3. The number of aromatic nitrogens is 5. The summed E-state index contributed by atoms with van der Waals surface area (Å²) in [6, 6.07) is 12.8. The predicted octanol–water partition coefficient (Wildman–Crippen LogP) is 8.07. The third kappa shape index (κ3) is 10.9. The van der Waals surface area contributed by atoms with Crippen molar-refractivity contribution in [2.75, 3.05) is 95.4 Å². The zero-order chi connectivity index (χ0) is 55.7. The molecule has 80 heavy (non-hydrogen) atoms. The van der Waals surface area contributed by atoms with E-state index in [1.807, 2.05) is 16.6 Å². The average molecular weight is 1090 g/mol. The molecule has 6 saturated heterocycles. The SMILES string of the molecule is C#Cc1c(F)ccc2cc(N)cc(-c3nc4c5c(nc(OCC67CCCN6CCC7)nc5c3F)N3CCCOCC3CC4)c12.COC.Cn1nc(C2CCC(=O)NC2=O)c2ccc(N3CCC(CC4CCN(C=O)CC4)CC3)cc21. The number of piperidine rings is 3. The molecule has 0 aliphatic carbocycles. The summed E-state index contributed by atoms with van der Waals surface area (Å²) in [7, 11) is 5.17. The van der Waals surface area contributed by atoms with E-state index in [2.05, 4.69) is 54.0 Å². The number of halogens is 2. The van der Waals surface area contributed by atoms with Crippen molar-refractivity contribution in [2.24, 2.45) is 18.9 Å². The lowest BCUT2D eigenvalue weighted by molar-refractivity contribution is -0.134. The molecule has 10 heterocycles. The van der Waals surface area contributed by atoms with Crippen molar-refractivity contribution in [1.82, 2.24) is 39.8 Å². The lowest BCUT2D eigenvalue weighted by Crippen LogP contribution is -2.43. The maximum Gasteiger partial charge on any atom is 0.319 e. The number of likely N-dealkylation sites (tertiary alicyclic amines) is 1. The fourth-order valence-electron chi connectivity index (χ4n) is 13.8. The monoisotopic (exact) mass is 1090 g/mol. The van der Waals surface area contributed by atoms with Crippen LogP contribution in [0.1, 0.15) is 106 Å². The normalized spacial score (nSPS) is 21.4. The van der Waals surface area contributed by atoms with Gasteiger partial charge in [0.25, 0.3) is 0 Å². The van der Waals surface area contributed by atoms with E-state index < -0.39 is 11.6 Å². The minimum Gasteiger partial charge on any atom is -0.461 e. The Morgan fingerprint density at radius 3 is 2.36 bits per heavy atom. The molecule has 6 aromatic rings. The molecule has 2 atom stereocenters. The Morgan fingerprint density at radius 1 is 0.887 bits per heavy atom. The molecule has 422 valence electrons. The number of nitrogen functional groups attached to an aromatic ring is 1. The Bertz CT molecular complexity index is 3340. The van der Waals surface area contributed by atoms with Crippen molar-refractivity contribution >= 4 is 68.0 Å². The number of carbonyl (C=O) groups excluding carboxylic acids is 3. The number of hydrogen-bond donors (Lipinski definition) is 2. The largest absolute Gasteiger partial charge is 0.461 e. The number of aryl methyl sites for hydroxylation is 2. The minimum absolute atomic E-state index is 0.0191. The van der Waals surface area contributed by atoms with Gasteiger partial charge in [-0.3, -0.25) is 29.3 Å². The fourth-order valence-corrected chi connectivity index (χ4v) is 13.8. The van der Waals surface area contributed by atoms with Gasteiger partial charge in [0.15, 0.2) is 5.82 Å². The van der Waals surface area contributed by atoms with Crippen molar-refractivity contribution in [3.63, 3.8) is 0 Å². The minimum atomic E-state index is -0.637. The summed E-state index contributed by atoms with van der Waals surface area (Å²) < 4.78 is 50.4. The summed E-state index contributed by atoms with van der Waals surface area (Å²) >= 11 is 0. The number of rotatable bonds is 9. The van der Waals surface area contributed by atoms with E-state index >= 15 is 4.39 Å². The number of anilines is 3. The van der Waals surface area contributed by atoms with Gasteiger partial charge in [-0.2, -0.15) is 15.1 Å². The maximum absolute atomic E-state index is 17.0. The van der Waals surface area contributed by atoms with E-state index in [9.17, 15) is 18.8 Å². The van der Waals surface area contributed by atoms with E-state index in [1.54, 1.807) is 32.4 Å². The highest BCUT2D eigenvalue weighted by molar-refractivity contribution is 6.05. The first-order chi connectivity index (χ1) is 38.9. The third-order valence-electron chi connectivity index (χ3n) is 17.9. The van der Waals surface area contributed by atoms with Gasteiger partial charge >= 0.3 is 6.01 Å². The van der Waals surface area contributed by atoms with Crippen molar-refractivity contribution in [1.29, 1.82) is 0 Å². The van der Waals surface area contributed by atoms with Crippen LogP contribution >= 0.6 is 0 Å². The van der Waals surface area contributed by atoms with Crippen molar-refractivity contribution < 1.29 is 37.4 Å². The summed E-state index contributed by atoms with van der Waals surface area (Å²) in [5, 5.41) is 9.69. The highest BCUT2D eigenvalue weighted by Gasteiger charge is 2.45. The zero-order valence-electron chi connectivity index (χ0n) is 46.3. The number of imide groups is 1. The van der Waals surface area contributed by atoms with Crippen LogP contribution in [0.25, 0.3) is 43.8 Å². The fraction of sp³-hybridized carbons (Fsp3) is 0.525. The van der Waals surface area contributed by atoms with E-state index in [0.29, 0.717) is 78.0 Å². The number of fused-ring (bicyclic) bond motifs is 5. The molecule has 7 aliphatic rings. The smallest absolute Gasteiger partial charge is 0.319 e. The van der Waals surface area contributed by atoms with E-state index in [4.69, 9.17) is 36.6 Å². The Hall–Kier alpha value is -7.01. The molecular weight excluding hydrogens is 1020 g/mol. The predicted molar refractivity (Wildman–Crippen MR) is 304 cm³/mol. The molecule has 0 saturated carbocycles. The zero-order valence-corrected chi connectivity index (χ0v) is 46.3. The van der Waals surface area contributed by atoms with Crippen LogP contribution in [0.15, 0.2) is 42.5 Å². The molecular formula is C61H73F2N11O6. The molecule has 19 heteroatoms. The van der Waals surface area contributed by atoms with Gasteiger partial charge in [-0.25, -0.2) is 13.8 Å². The number of nitrogens with one attached hydrogen (secondary N) is 1. The molecule has 7 aliphatic heterocycles. The van der Waals surface area contributed by atoms with Gasteiger partial charge in [0.1, 0.15) is 29.5 Å². The number of amides is 3. The molecule has 0 spiro atoms. The second-order valence-electron chi connectivity index (χ2n) is 22.9. The van der Waals surface area contributed by atoms with Gasteiger partial charge in [-0.15, -0.1) is 6.42 Å². The van der Waals surface area contributed by atoms with Crippen LogP contribution in [0.5, 0.6) is 6.01 Å². The van der Waals surface area contributed by atoms with Gasteiger partial charge in [0, 0.05) is 94.7 Å². The Morgan fingerprint density at radius 2 is 1.64 bits per heavy atom. The summed E-state index contributed by atoms with van der Waals surface area (Å²) in [4.78, 5) is 58.5. The Balaban J connectivity index is 0.000000167. The lowest BCUT2D eigenvalue weighted by Gasteiger charge is -2.37. The number of terminal acetylenes is 1. The highest BCUT2D eigenvalue weighted by atomic mass is 19.1. The summed E-state index contributed by atoms with van der Waals surface area (Å²) in [5.41, 5.74) is 10.9. The third-order valence-corrected chi connectivity index (χ3v) is 17.9. The summed E-state index contributed by atoms with van der Waals surface area (Å²) in [5.74, 6) is 2.61. The molecule has 3 aromatic heterocycles. The first-order valence-corrected chi connectivity index (χ1v) is 28.6. The van der Waals surface area contributed by atoms with E-state index in [1.165, 1.54) is 31.0 Å². The molecule has 3 amide bonds. The van der Waals surface area contributed by atoms with Crippen LogP contribution in [0.2, 0.25) is 0 Å². The number of hydrogen-bond acceptors (Lipinski definition) is 14. The number of carbonyl (C=O) groups is 3. The van der Waals surface area contributed by atoms with Crippen molar-refractivity contribution in [3.05, 3.63) is 71.1 Å². The topological polar surface area (TPSA) is 186 Å². The number of benzene rings is 3. The summed E-state index contributed by atoms with van der Waals surface area (Å²) in [6.45, 7) is 8.49. The number of nitrogens with two attached hydrogens (primary N) is 1. The first-order valence-electron chi connectivity index (χ1n) is 28.6. The average Bonchev–Trinajstić information content (AvgIpc) is 4.16. The molecule has 17 nitrogen and oxygen atoms in total. The molecule has 2 unspecified atom stereocenters. The highest BCUT2D eigenvalue weighted by Crippen LogP contribution is 2.44. The Kier molecular flexibility index (Phi) is 16.2. The number of pyridine rings is 1. The van der Waals surface area contributed by atoms with Gasteiger partial charge in [-0.1, -0.05) is 12.0 Å². The van der Waals surface area contributed by atoms with Gasteiger partial charge in [0.2, 0.25) is 18.2 Å². The molecule has 13 rings (SSSR count). The van der Waals surface area contributed by atoms with Gasteiger partial charge < -0.3 is 34.6 Å². The van der Waals surface area contributed by atoms with Crippen molar-refractivity contribution in [2.45, 2.75) is 107 Å². The number of methoxy groups -OCH3 is 1. The van der Waals surface area contributed by atoms with Crippen LogP contribution in [-0.2, 0) is 37.3 Å². The summed E-state index contributed by atoms with van der Waals surface area (Å²) in [6.07, 6.45) is 20.2. The lowest BCUT2D eigenvalue weighted by atomic mass is 9.83. The van der Waals surface area contributed by atoms with Crippen LogP contribution < -0.4 is 25.6 Å². The van der Waals surface area contributed by atoms with Crippen LogP contribution in [0.3, 0.4) is 0 Å². The van der Waals surface area contributed by atoms with Crippen molar-refractivity contribution in [3.8, 4) is 29.6 Å². The van der Waals surface area contributed by atoms with Gasteiger partial charge in [-0.05, 0) is 150 Å². The molecule has 3 N–H and O–H groups in total. The first kappa shape index (κ1) is 54.9. The molecule has 0 radical (unpaired) electrons. The molecule has 0 bridgehead atoms. The molecule has 3 aromatic carbocycles.